The lowest BCUT2D eigenvalue weighted by molar-refractivity contribution is -0.146. The predicted octanol–water partition coefficient (Wildman–Crippen LogP) is 2.51. The molecule has 17 heavy (non-hydrogen) atoms. The Morgan fingerprint density at radius 2 is 2.00 bits per heavy atom. The van der Waals surface area contributed by atoms with E-state index in [-0.39, 0.29) is 18.0 Å². The van der Waals surface area contributed by atoms with Crippen LogP contribution in [0.5, 0.6) is 0 Å². The Bertz CT molecular complexity index is 399. The zero-order chi connectivity index (χ0) is 12.4. The summed E-state index contributed by atoms with van der Waals surface area (Å²) in [4.78, 5) is 10.9. The van der Waals surface area contributed by atoms with Gasteiger partial charge in [-0.05, 0) is 32.3 Å². The van der Waals surface area contributed by atoms with E-state index in [1.54, 1.807) is 0 Å². The second-order valence-corrected chi connectivity index (χ2v) is 4.93. The fourth-order valence-electron chi connectivity index (χ4n) is 2.27. The summed E-state index contributed by atoms with van der Waals surface area (Å²) < 4.78 is 0. The summed E-state index contributed by atoms with van der Waals surface area (Å²) in [6.07, 6.45) is 1.76. The molecular formula is C14H19NO2. The van der Waals surface area contributed by atoms with E-state index in [0.29, 0.717) is 0 Å². The summed E-state index contributed by atoms with van der Waals surface area (Å²) >= 11 is 0. The number of benzene rings is 1. The molecule has 0 saturated heterocycles. The van der Waals surface area contributed by atoms with Crippen molar-refractivity contribution in [3.05, 3.63) is 35.4 Å². The molecule has 1 fully saturated rings. The Morgan fingerprint density at radius 1 is 1.35 bits per heavy atom. The molecule has 0 heterocycles. The molecule has 2 N–H and O–H groups in total. The highest BCUT2D eigenvalue weighted by molar-refractivity contribution is 5.72. The minimum atomic E-state index is -0.676. The van der Waals surface area contributed by atoms with Crippen molar-refractivity contribution in [2.45, 2.75) is 38.8 Å². The summed E-state index contributed by atoms with van der Waals surface area (Å²) in [6.45, 7) is 4.15. The number of aliphatic carboxylic acids is 1. The molecule has 0 amide bonds. The van der Waals surface area contributed by atoms with Crippen molar-refractivity contribution in [2.24, 2.45) is 5.92 Å². The molecule has 3 atom stereocenters. The summed E-state index contributed by atoms with van der Waals surface area (Å²) in [5.41, 5.74) is 2.46. The van der Waals surface area contributed by atoms with Crippen molar-refractivity contribution in [3.8, 4) is 0 Å². The molecule has 1 aliphatic rings. The molecule has 0 radical (unpaired) electrons. The van der Waals surface area contributed by atoms with Gasteiger partial charge in [0.2, 0.25) is 0 Å². The van der Waals surface area contributed by atoms with Crippen molar-refractivity contribution >= 4 is 5.97 Å². The number of hydrogen-bond donors (Lipinski definition) is 2. The van der Waals surface area contributed by atoms with Crippen LogP contribution in [0.1, 0.15) is 36.9 Å². The molecule has 0 bridgehead atoms. The third-order valence-corrected chi connectivity index (χ3v) is 3.63. The SMILES string of the molecule is Cc1ccc([C@@H](C)NC2CCC2C(=O)O)cc1. The van der Waals surface area contributed by atoms with Gasteiger partial charge in [0.1, 0.15) is 0 Å². The number of carboxylic acids is 1. The van der Waals surface area contributed by atoms with E-state index in [1.807, 2.05) is 0 Å². The van der Waals surface area contributed by atoms with Crippen LogP contribution in [0.15, 0.2) is 24.3 Å². The maximum atomic E-state index is 10.9. The predicted molar refractivity (Wildman–Crippen MR) is 66.9 cm³/mol. The zero-order valence-corrected chi connectivity index (χ0v) is 10.3. The fourth-order valence-corrected chi connectivity index (χ4v) is 2.27. The Kier molecular flexibility index (Phi) is 3.48. The molecule has 1 aliphatic carbocycles. The summed E-state index contributed by atoms with van der Waals surface area (Å²) in [7, 11) is 0. The van der Waals surface area contributed by atoms with Crippen molar-refractivity contribution < 1.29 is 9.90 Å². The number of carboxylic acid groups (broad SMARTS) is 1. The zero-order valence-electron chi connectivity index (χ0n) is 10.3. The second kappa shape index (κ2) is 4.88. The van der Waals surface area contributed by atoms with Gasteiger partial charge in [-0.3, -0.25) is 4.79 Å². The van der Waals surface area contributed by atoms with Gasteiger partial charge in [0.15, 0.2) is 0 Å². The number of hydrogen-bond acceptors (Lipinski definition) is 2. The Morgan fingerprint density at radius 3 is 2.47 bits per heavy atom. The van der Waals surface area contributed by atoms with Crippen molar-refractivity contribution in [1.82, 2.24) is 5.32 Å². The molecule has 3 nitrogen and oxygen atoms in total. The molecule has 2 rings (SSSR count). The van der Waals surface area contributed by atoms with Crippen LogP contribution in [0.25, 0.3) is 0 Å². The van der Waals surface area contributed by atoms with Crippen molar-refractivity contribution in [1.29, 1.82) is 0 Å². The third-order valence-electron chi connectivity index (χ3n) is 3.63. The summed E-state index contributed by atoms with van der Waals surface area (Å²) in [6, 6.07) is 8.71. The van der Waals surface area contributed by atoms with Crippen LogP contribution in [0, 0.1) is 12.8 Å². The molecular weight excluding hydrogens is 214 g/mol. The van der Waals surface area contributed by atoms with Crippen LogP contribution in [-0.2, 0) is 4.79 Å². The first-order valence-electron chi connectivity index (χ1n) is 6.13. The Balaban J connectivity index is 1.95. The first-order chi connectivity index (χ1) is 8.08. The lowest BCUT2D eigenvalue weighted by atomic mass is 9.79. The highest BCUT2D eigenvalue weighted by Crippen LogP contribution is 2.29. The van der Waals surface area contributed by atoms with E-state index >= 15 is 0 Å². The van der Waals surface area contributed by atoms with E-state index in [9.17, 15) is 4.79 Å². The van der Waals surface area contributed by atoms with Gasteiger partial charge >= 0.3 is 5.97 Å². The van der Waals surface area contributed by atoms with E-state index in [2.05, 4.69) is 43.4 Å². The molecule has 2 unspecified atom stereocenters. The highest BCUT2D eigenvalue weighted by Gasteiger charge is 2.36. The van der Waals surface area contributed by atoms with Crippen LogP contribution in [0.4, 0.5) is 0 Å². The first-order valence-corrected chi connectivity index (χ1v) is 6.13. The van der Waals surface area contributed by atoms with Gasteiger partial charge in [0.05, 0.1) is 5.92 Å². The maximum absolute atomic E-state index is 10.9. The Labute approximate surface area is 102 Å². The van der Waals surface area contributed by atoms with Gasteiger partial charge in [0, 0.05) is 12.1 Å². The van der Waals surface area contributed by atoms with E-state index in [1.165, 1.54) is 11.1 Å². The van der Waals surface area contributed by atoms with E-state index < -0.39 is 5.97 Å². The number of carbonyl (C=O) groups is 1. The van der Waals surface area contributed by atoms with Crippen molar-refractivity contribution in [3.63, 3.8) is 0 Å². The molecule has 0 spiro atoms. The van der Waals surface area contributed by atoms with Gasteiger partial charge in [-0.2, -0.15) is 0 Å². The summed E-state index contributed by atoms with van der Waals surface area (Å²) in [5, 5.41) is 12.4. The van der Waals surface area contributed by atoms with Crippen molar-refractivity contribution in [2.75, 3.05) is 0 Å². The minimum absolute atomic E-state index is 0.129. The Hall–Kier alpha value is -1.35. The third kappa shape index (κ3) is 2.67. The largest absolute Gasteiger partial charge is 0.481 e. The minimum Gasteiger partial charge on any atom is -0.481 e. The maximum Gasteiger partial charge on any atom is 0.308 e. The van der Waals surface area contributed by atoms with Gasteiger partial charge in [0.25, 0.3) is 0 Å². The first kappa shape index (κ1) is 12.1. The standard InChI is InChI=1S/C14H19NO2/c1-9-3-5-11(6-4-9)10(2)15-13-8-7-12(13)14(16)17/h3-6,10,12-13,15H,7-8H2,1-2H3,(H,16,17)/t10-,12?,13?/m1/s1. The van der Waals surface area contributed by atoms with Gasteiger partial charge < -0.3 is 10.4 Å². The molecule has 1 saturated carbocycles. The van der Waals surface area contributed by atoms with Gasteiger partial charge in [-0.15, -0.1) is 0 Å². The topological polar surface area (TPSA) is 49.3 Å². The average Bonchev–Trinajstić information content (AvgIpc) is 2.24. The molecule has 1 aromatic carbocycles. The van der Waals surface area contributed by atoms with Crippen LogP contribution >= 0.6 is 0 Å². The fraction of sp³-hybridized carbons (Fsp3) is 0.500. The smallest absolute Gasteiger partial charge is 0.308 e. The monoisotopic (exact) mass is 233 g/mol. The normalized spacial score (nSPS) is 25.1. The van der Waals surface area contributed by atoms with Crippen LogP contribution < -0.4 is 5.32 Å². The molecule has 92 valence electrons. The van der Waals surface area contributed by atoms with Crippen LogP contribution in [0.2, 0.25) is 0 Å². The average molecular weight is 233 g/mol. The number of rotatable bonds is 4. The lowest BCUT2D eigenvalue weighted by Crippen LogP contribution is -2.48. The molecule has 0 aliphatic heterocycles. The van der Waals surface area contributed by atoms with Crippen LogP contribution in [-0.4, -0.2) is 17.1 Å². The number of aryl methyl sites for hydroxylation is 1. The molecule has 3 heteroatoms. The van der Waals surface area contributed by atoms with Gasteiger partial charge in [-0.25, -0.2) is 0 Å². The lowest BCUT2D eigenvalue weighted by Gasteiger charge is -2.36. The van der Waals surface area contributed by atoms with E-state index in [0.717, 1.165) is 12.8 Å². The highest BCUT2D eigenvalue weighted by atomic mass is 16.4. The van der Waals surface area contributed by atoms with Gasteiger partial charge in [-0.1, -0.05) is 29.8 Å². The summed E-state index contributed by atoms with van der Waals surface area (Å²) in [5.74, 6) is -0.882. The second-order valence-electron chi connectivity index (χ2n) is 4.93. The molecule has 1 aromatic rings. The quantitative estimate of drug-likeness (QED) is 0.840. The van der Waals surface area contributed by atoms with E-state index in [4.69, 9.17) is 5.11 Å². The number of nitrogens with one attached hydrogen (secondary N) is 1. The molecule has 0 aromatic heterocycles. The van der Waals surface area contributed by atoms with Crippen LogP contribution in [0.3, 0.4) is 0 Å².